The fourth-order valence-electron chi connectivity index (χ4n) is 4.38. The van der Waals surface area contributed by atoms with Gasteiger partial charge in [-0.05, 0) is 44.0 Å². The smallest absolute Gasteiger partial charge is 0.229 e. The minimum Gasteiger partial charge on any atom is -0.316 e. The molecule has 0 bridgehead atoms. The van der Waals surface area contributed by atoms with E-state index in [4.69, 9.17) is 0 Å². The number of benzene rings is 1. The van der Waals surface area contributed by atoms with Gasteiger partial charge < -0.3 is 10.2 Å². The third-order valence-electron chi connectivity index (χ3n) is 5.71. The maximum atomic E-state index is 13.6. The molecule has 4 heterocycles. The minimum absolute atomic E-state index is 0.0305. The van der Waals surface area contributed by atoms with Crippen LogP contribution in [-0.2, 0) is 0 Å². The molecule has 0 saturated carbocycles. The molecule has 2 aliphatic rings. The Morgan fingerprint density at radius 1 is 1.10 bits per heavy atom. The number of Topliss-reactive ketones (excluding diaryl/α,β-unsaturated/α-hetero) is 1. The van der Waals surface area contributed by atoms with Crippen LogP contribution in [0.1, 0.15) is 27.3 Å². The van der Waals surface area contributed by atoms with Gasteiger partial charge in [0, 0.05) is 42.2 Å². The van der Waals surface area contributed by atoms with E-state index in [1.807, 2.05) is 51.2 Å². The van der Waals surface area contributed by atoms with Crippen molar-refractivity contribution < 1.29 is 4.79 Å². The number of para-hydroxylation sites is 1. The molecule has 1 saturated heterocycles. The van der Waals surface area contributed by atoms with Gasteiger partial charge in [-0.2, -0.15) is 15.0 Å². The molecule has 0 aliphatic carbocycles. The molecular weight excluding hydrogens is 378 g/mol. The maximum absolute atomic E-state index is 13.6. The van der Waals surface area contributed by atoms with Crippen molar-refractivity contribution in [3.63, 3.8) is 0 Å². The number of aryl methyl sites for hydroxylation is 3. The van der Waals surface area contributed by atoms with Crippen molar-refractivity contribution in [2.24, 2.45) is 5.92 Å². The number of rotatable bonds is 4. The molecule has 8 nitrogen and oxygen atoms in total. The fraction of sp³-hybridized carbons (Fsp3) is 0.318. The normalized spacial score (nSPS) is 20.4. The van der Waals surface area contributed by atoms with E-state index in [9.17, 15) is 4.79 Å². The Morgan fingerprint density at radius 3 is 2.57 bits per heavy atom. The summed E-state index contributed by atoms with van der Waals surface area (Å²) in [6.07, 6.45) is 5.28. The molecule has 0 amide bonds. The number of carbonyl (C=O) groups is 1. The van der Waals surface area contributed by atoms with E-state index >= 15 is 0 Å². The first-order valence-electron chi connectivity index (χ1n) is 10.1. The maximum Gasteiger partial charge on any atom is 0.229 e. The predicted molar refractivity (Wildman–Crippen MR) is 113 cm³/mol. The quantitative estimate of drug-likeness (QED) is 0.670. The SMILES string of the molecule is Cc1cc(C)nc(N2C=C3C(CNC3C(=O)c3cccc(C)c3-n3nccn3)C2)n1. The highest BCUT2D eigenvalue weighted by Crippen LogP contribution is 2.33. The summed E-state index contributed by atoms with van der Waals surface area (Å²) in [5, 5.41) is 11.9. The van der Waals surface area contributed by atoms with Crippen molar-refractivity contribution in [3.05, 3.63) is 70.9 Å². The summed E-state index contributed by atoms with van der Waals surface area (Å²) in [5.74, 6) is 0.986. The highest BCUT2D eigenvalue weighted by molar-refractivity contribution is 6.05. The lowest BCUT2D eigenvalue weighted by molar-refractivity contribution is 0.0965. The summed E-state index contributed by atoms with van der Waals surface area (Å²) in [6, 6.07) is 7.31. The molecule has 2 unspecified atom stereocenters. The molecule has 1 N–H and O–H groups in total. The van der Waals surface area contributed by atoms with Crippen LogP contribution in [0.3, 0.4) is 0 Å². The molecule has 8 heteroatoms. The van der Waals surface area contributed by atoms with Crippen molar-refractivity contribution >= 4 is 11.7 Å². The number of hydrogen-bond donors (Lipinski definition) is 1. The Hall–Kier alpha value is -3.39. The second kappa shape index (κ2) is 7.14. The van der Waals surface area contributed by atoms with Gasteiger partial charge in [0.15, 0.2) is 5.78 Å². The molecule has 2 atom stereocenters. The molecule has 2 aliphatic heterocycles. The Labute approximate surface area is 174 Å². The van der Waals surface area contributed by atoms with Crippen molar-refractivity contribution in [1.82, 2.24) is 30.3 Å². The van der Waals surface area contributed by atoms with Gasteiger partial charge in [0.05, 0.1) is 24.1 Å². The molecule has 5 rings (SSSR count). The first-order valence-corrected chi connectivity index (χ1v) is 10.1. The van der Waals surface area contributed by atoms with Crippen LogP contribution in [0.15, 0.2) is 48.4 Å². The summed E-state index contributed by atoms with van der Waals surface area (Å²) >= 11 is 0. The average molecular weight is 401 g/mol. The Balaban J connectivity index is 1.49. The van der Waals surface area contributed by atoms with E-state index in [1.54, 1.807) is 12.4 Å². The molecular formula is C22H23N7O. The van der Waals surface area contributed by atoms with Crippen LogP contribution in [0.25, 0.3) is 5.69 Å². The highest BCUT2D eigenvalue weighted by Gasteiger charge is 2.41. The lowest BCUT2D eigenvalue weighted by Crippen LogP contribution is -2.34. The van der Waals surface area contributed by atoms with E-state index in [-0.39, 0.29) is 17.7 Å². The number of aromatic nitrogens is 5. The van der Waals surface area contributed by atoms with Gasteiger partial charge in [-0.3, -0.25) is 4.79 Å². The monoisotopic (exact) mass is 401 g/mol. The van der Waals surface area contributed by atoms with Crippen molar-refractivity contribution in [3.8, 4) is 5.69 Å². The summed E-state index contributed by atoms with van der Waals surface area (Å²) in [6.45, 7) is 7.44. The average Bonchev–Trinajstić information content (AvgIpc) is 3.43. The van der Waals surface area contributed by atoms with Crippen molar-refractivity contribution in [2.45, 2.75) is 26.8 Å². The zero-order chi connectivity index (χ0) is 20.8. The van der Waals surface area contributed by atoms with E-state index in [2.05, 4.69) is 30.4 Å². The van der Waals surface area contributed by atoms with E-state index in [0.29, 0.717) is 11.5 Å². The zero-order valence-corrected chi connectivity index (χ0v) is 17.2. The van der Waals surface area contributed by atoms with Gasteiger partial charge in [-0.25, -0.2) is 9.97 Å². The Kier molecular flexibility index (Phi) is 4.43. The van der Waals surface area contributed by atoms with Crippen LogP contribution in [0, 0.1) is 26.7 Å². The zero-order valence-electron chi connectivity index (χ0n) is 17.2. The van der Waals surface area contributed by atoms with Gasteiger partial charge in [-0.1, -0.05) is 12.1 Å². The third kappa shape index (κ3) is 3.09. The van der Waals surface area contributed by atoms with Gasteiger partial charge in [-0.15, -0.1) is 0 Å². The van der Waals surface area contributed by atoms with Crippen LogP contribution in [0.5, 0.6) is 0 Å². The number of anilines is 1. The number of carbonyl (C=O) groups excluding carboxylic acids is 1. The third-order valence-corrected chi connectivity index (χ3v) is 5.71. The summed E-state index contributed by atoms with van der Waals surface area (Å²) in [4.78, 5) is 26.3. The summed E-state index contributed by atoms with van der Waals surface area (Å²) in [7, 11) is 0. The second-order valence-electron chi connectivity index (χ2n) is 7.92. The summed E-state index contributed by atoms with van der Waals surface area (Å²) in [5.41, 5.74) is 5.27. The first kappa shape index (κ1) is 18.6. The van der Waals surface area contributed by atoms with Crippen LogP contribution in [-0.4, -0.2) is 49.9 Å². The number of fused-ring (bicyclic) bond motifs is 1. The molecule has 1 aromatic carbocycles. The van der Waals surface area contributed by atoms with Gasteiger partial charge >= 0.3 is 0 Å². The van der Waals surface area contributed by atoms with E-state index in [1.165, 1.54) is 4.80 Å². The van der Waals surface area contributed by atoms with Gasteiger partial charge in [0.2, 0.25) is 5.95 Å². The topological polar surface area (TPSA) is 88.8 Å². The van der Waals surface area contributed by atoms with Crippen molar-refractivity contribution in [1.29, 1.82) is 0 Å². The number of nitrogens with one attached hydrogen (secondary N) is 1. The molecule has 3 aromatic rings. The van der Waals surface area contributed by atoms with Crippen LogP contribution < -0.4 is 10.2 Å². The van der Waals surface area contributed by atoms with E-state index in [0.717, 1.165) is 41.3 Å². The second-order valence-corrected chi connectivity index (χ2v) is 7.92. The first-order chi connectivity index (χ1) is 14.5. The molecule has 1 fully saturated rings. The molecule has 30 heavy (non-hydrogen) atoms. The Morgan fingerprint density at radius 2 is 1.83 bits per heavy atom. The van der Waals surface area contributed by atoms with Gasteiger partial charge in [0.1, 0.15) is 0 Å². The van der Waals surface area contributed by atoms with Crippen molar-refractivity contribution in [2.75, 3.05) is 18.0 Å². The van der Waals surface area contributed by atoms with Crippen LogP contribution in [0.2, 0.25) is 0 Å². The highest BCUT2D eigenvalue weighted by atomic mass is 16.1. The molecule has 0 spiro atoms. The van der Waals surface area contributed by atoms with Crippen LogP contribution >= 0.6 is 0 Å². The van der Waals surface area contributed by atoms with Crippen LogP contribution in [0.4, 0.5) is 5.95 Å². The number of nitrogens with zero attached hydrogens (tertiary/aromatic N) is 6. The molecule has 2 aromatic heterocycles. The predicted octanol–water partition coefficient (Wildman–Crippen LogP) is 2.16. The molecule has 152 valence electrons. The molecule has 0 radical (unpaired) electrons. The lowest BCUT2D eigenvalue weighted by Gasteiger charge is -2.17. The fourth-order valence-corrected chi connectivity index (χ4v) is 4.38. The Bertz CT molecular complexity index is 1130. The standard InChI is InChI=1S/C22H23N7O/c1-13-5-4-6-17(20(13)29-24-7-8-25-29)21(30)19-18-12-28(11-16(18)10-23-19)22-26-14(2)9-15(3)27-22/h4-9,12,16,19,23H,10-11H2,1-3H3. The summed E-state index contributed by atoms with van der Waals surface area (Å²) < 4.78 is 0. The lowest BCUT2D eigenvalue weighted by atomic mass is 9.93. The number of ketones is 1. The van der Waals surface area contributed by atoms with Gasteiger partial charge in [0.25, 0.3) is 0 Å². The minimum atomic E-state index is -0.373. The number of hydrogen-bond acceptors (Lipinski definition) is 7. The largest absolute Gasteiger partial charge is 0.316 e. The van der Waals surface area contributed by atoms with E-state index < -0.39 is 0 Å².